The van der Waals surface area contributed by atoms with Crippen molar-refractivity contribution in [2.24, 2.45) is 0 Å². The summed E-state index contributed by atoms with van der Waals surface area (Å²) in [6, 6.07) is 10.2. The van der Waals surface area contributed by atoms with Crippen LogP contribution < -0.4 is 10.1 Å². The summed E-state index contributed by atoms with van der Waals surface area (Å²) in [5.74, 6) is 0.782. The van der Waals surface area contributed by atoms with E-state index in [4.69, 9.17) is 9.72 Å². The highest BCUT2D eigenvalue weighted by atomic mass is 32.1. The van der Waals surface area contributed by atoms with Gasteiger partial charge in [-0.2, -0.15) is 0 Å². The van der Waals surface area contributed by atoms with E-state index in [0.717, 1.165) is 33.4 Å². The molecule has 0 saturated heterocycles. The molecule has 0 aliphatic rings. The molecule has 3 rings (SSSR count). The number of rotatable bonds is 6. The number of carbonyl (C=O) groups excluding carboxylic acids is 1. The Labute approximate surface area is 170 Å². The number of ether oxygens (including phenoxy) is 1. The number of nitrogens with one attached hydrogen (secondary N) is 1. The number of nitrogens with zero attached hydrogens (tertiary/aromatic N) is 2. The number of aromatic nitrogens is 2. The lowest BCUT2D eigenvalue weighted by Crippen LogP contribution is -2.30. The maximum absolute atomic E-state index is 12.6. The Balaban J connectivity index is 2.01. The molecular formula is C22H27N3O2S. The second kappa shape index (κ2) is 8.19. The molecule has 1 aromatic carbocycles. The maximum Gasteiger partial charge on any atom is 0.253 e. The molecule has 6 heteroatoms. The smallest absolute Gasteiger partial charge is 0.253 e. The molecule has 0 atom stereocenters. The van der Waals surface area contributed by atoms with Crippen molar-refractivity contribution in [3.63, 3.8) is 0 Å². The molecule has 1 amide bonds. The van der Waals surface area contributed by atoms with Crippen LogP contribution in [0.2, 0.25) is 0 Å². The van der Waals surface area contributed by atoms with Crippen molar-refractivity contribution in [3.8, 4) is 27.7 Å². The first-order valence-electron chi connectivity index (χ1n) is 9.44. The fraction of sp³-hybridized carbons (Fsp3) is 0.364. The molecule has 3 aromatic rings. The highest BCUT2D eigenvalue weighted by molar-refractivity contribution is 7.13. The van der Waals surface area contributed by atoms with Crippen LogP contribution in [0.15, 0.2) is 35.7 Å². The molecule has 2 heterocycles. The number of benzene rings is 1. The van der Waals surface area contributed by atoms with Crippen molar-refractivity contribution < 1.29 is 9.53 Å². The first-order chi connectivity index (χ1) is 13.3. The molecule has 0 spiro atoms. The van der Waals surface area contributed by atoms with Crippen LogP contribution >= 0.6 is 11.3 Å². The monoisotopic (exact) mass is 397 g/mol. The van der Waals surface area contributed by atoms with E-state index in [1.807, 2.05) is 51.1 Å². The number of hydrogen-bond donors (Lipinski definition) is 1. The minimum Gasteiger partial charge on any atom is -0.497 e. The lowest BCUT2D eigenvalue weighted by Gasteiger charge is -2.15. The van der Waals surface area contributed by atoms with Crippen molar-refractivity contribution in [3.05, 3.63) is 47.0 Å². The van der Waals surface area contributed by atoms with Crippen molar-refractivity contribution in [2.45, 2.75) is 46.7 Å². The van der Waals surface area contributed by atoms with E-state index in [0.29, 0.717) is 5.56 Å². The SMILES string of the molecule is COc1ccc(-c2nc(-c3cc(C(=O)NC(C)C)c(C)n3C(C)C)cs2)cc1. The molecule has 5 nitrogen and oxygen atoms in total. The van der Waals surface area contributed by atoms with Crippen molar-refractivity contribution in [1.82, 2.24) is 14.9 Å². The summed E-state index contributed by atoms with van der Waals surface area (Å²) < 4.78 is 7.41. The van der Waals surface area contributed by atoms with Crippen LogP contribution in [0.4, 0.5) is 0 Å². The predicted molar refractivity (Wildman–Crippen MR) is 115 cm³/mol. The van der Waals surface area contributed by atoms with Crippen LogP contribution in [0, 0.1) is 6.92 Å². The van der Waals surface area contributed by atoms with Gasteiger partial charge in [0, 0.05) is 28.7 Å². The van der Waals surface area contributed by atoms with Gasteiger partial charge in [-0.05, 0) is 65.0 Å². The van der Waals surface area contributed by atoms with Gasteiger partial charge in [-0.3, -0.25) is 4.79 Å². The van der Waals surface area contributed by atoms with E-state index < -0.39 is 0 Å². The Kier molecular flexibility index (Phi) is 5.89. The van der Waals surface area contributed by atoms with Gasteiger partial charge in [-0.25, -0.2) is 4.98 Å². The molecule has 0 aliphatic heterocycles. The molecule has 2 aromatic heterocycles. The average molecular weight is 398 g/mol. The van der Waals surface area contributed by atoms with Crippen molar-refractivity contribution in [1.29, 1.82) is 0 Å². The third-order valence-corrected chi connectivity index (χ3v) is 5.47. The summed E-state index contributed by atoms with van der Waals surface area (Å²) in [5.41, 5.74) is 4.57. The molecule has 148 valence electrons. The zero-order valence-electron chi connectivity index (χ0n) is 17.2. The van der Waals surface area contributed by atoms with Crippen LogP contribution in [0.25, 0.3) is 22.0 Å². The summed E-state index contributed by atoms with van der Waals surface area (Å²) in [4.78, 5) is 17.5. The largest absolute Gasteiger partial charge is 0.497 e. The van der Waals surface area contributed by atoms with Crippen LogP contribution in [0.3, 0.4) is 0 Å². The maximum atomic E-state index is 12.6. The van der Waals surface area contributed by atoms with Gasteiger partial charge >= 0.3 is 0 Å². The van der Waals surface area contributed by atoms with E-state index >= 15 is 0 Å². The number of hydrogen-bond acceptors (Lipinski definition) is 4. The summed E-state index contributed by atoms with van der Waals surface area (Å²) >= 11 is 1.60. The van der Waals surface area contributed by atoms with Gasteiger partial charge in [-0.15, -0.1) is 11.3 Å². The summed E-state index contributed by atoms with van der Waals surface area (Å²) in [5, 5.41) is 5.99. The second-order valence-electron chi connectivity index (χ2n) is 7.39. The zero-order valence-corrected chi connectivity index (χ0v) is 18.1. The topological polar surface area (TPSA) is 56.1 Å². The summed E-state index contributed by atoms with van der Waals surface area (Å²) in [7, 11) is 1.66. The third kappa shape index (κ3) is 3.97. The minimum absolute atomic E-state index is 0.0428. The second-order valence-corrected chi connectivity index (χ2v) is 8.25. The zero-order chi connectivity index (χ0) is 20.4. The Hall–Kier alpha value is -2.60. The van der Waals surface area contributed by atoms with Crippen molar-refractivity contribution in [2.75, 3.05) is 7.11 Å². The van der Waals surface area contributed by atoms with Crippen molar-refractivity contribution >= 4 is 17.2 Å². The van der Waals surface area contributed by atoms with Gasteiger partial charge in [0.25, 0.3) is 5.91 Å². The van der Waals surface area contributed by atoms with E-state index in [9.17, 15) is 4.79 Å². The van der Waals surface area contributed by atoms with Gasteiger partial charge in [0.2, 0.25) is 0 Å². The fourth-order valence-electron chi connectivity index (χ4n) is 3.31. The molecule has 0 saturated carbocycles. The molecule has 0 fully saturated rings. The lowest BCUT2D eigenvalue weighted by molar-refractivity contribution is 0.0942. The molecule has 28 heavy (non-hydrogen) atoms. The van der Waals surface area contributed by atoms with Crippen LogP contribution in [-0.4, -0.2) is 28.6 Å². The van der Waals surface area contributed by atoms with Gasteiger partial charge in [0.05, 0.1) is 24.1 Å². The molecular weight excluding hydrogens is 370 g/mol. The van der Waals surface area contributed by atoms with Gasteiger partial charge < -0.3 is 14.6 Å². The normalized spacial score (nSPS) is 11.3. The first-order valence-corrected chi connectivity index (χ1v) is 10.3. The third-order valence-electron chi connectivity index (χ3n) is 4.58. The Morgan fingerprint density at radius 2 is 1.86 bits per heavy atom. The average Bonchev–Trinajstić information content (AvgIpc) is 3.25. The number of methoxy groups -OCH3 is 1. The fourth-order valence-corrected chi connectivity index (χ4v) is 4.13. The van der Waals surface area contributed by atoms with E-state index in [-0.39, 0.29) is 18.0 Å². The number of thiazole rings is 1. The minimum atomic E-state index is -0.0428. The quantitative estimate of drug-likeness (QED) is 0.613. The van der Waals surface area contributed by atoms with Gasteiger partial charge in [0.1, 0.15) is 10.8 Å². The van der Waals surface area contributed by atoms with Crippen LogP contribution in [-0.2, 0) is 0 Å². The molecule has 0 bridgehead atoms. The molecule has 0 aliphatic carbocycles. The predicted octanol–water partition coefficient (Wildman–Crippen LogP) is 5.31. The van der Waals surface area contributed by atoms with Crippen LogP contribution in [0.1, 0.15) is 49.8 Å². The number of carbonyl (C=O) groups is 1. The van der Waals surface area contributed by atoms with Crippen LogP contribution in [0.5, 0.6) is 5.75 Å². The number of amides is 1. The Morgan fingerprint density at radius 3 is 2.43 bits per heavy atom. The van der Waals surface area contributed by atoms with E-state index in [1.54, 1.807) is 18.4 Å². The lowest BCUT2D eigenvalue weighted by atomic mass is 10.2. The van der Waals surface area contributed by atoms with Gasteiger partial charge in [-0.1, -0.05) is 0 Å². The highest BCUT2D eigenvalue weighted by Gasteiger charge is 2.22. The summed E-state index contributed by atoms with van der Waals surface area (Å²) in [6.45, 7) is 10.2. The van der Waals surface area contributed by atoms with E-state index in [1.165, 1.54) is 0 Å². The Morgan fingerprint density at radius 1 is 1.18 bits per heavy atom. The first kappa shape index (κ1) is 20.1. The molecule has 1 N–H and O–H groups in total. The van der Waals surface area contributed by atoms with E-state index in [2.05, 4.69) is 29.1 Å². The standard InChI is InChI=1S/C22H27N3O2S/c1-13(2)23-21(26)18-11-20(25(14(3)4)15(18)5)19-12-28-22(24-19)16-7-9-17(27-6)10-8-16/h7-14H,1-6H3,(H,23,26). The Bertz CT molecular complexity index is 968. The summed E-state index contributed by atoms with van der Waals surface area (Å²) in [6.07, 6.45) is 0. The highest BCUT2D eigenvalue weighted by Crippen LogP contribution is 2.33. The van der Waals surface area contributed by atoms with Gasteiger partial charge in [0.15, 0.2) is 0 Å². The molecule has 0 radical (unpaired) electrons. The molecule has 0 unspecified atom stereocenters.